The van der Waals surface area contributed by atoms with Crippen LogP contribution in [0.15, 0.2) is 18.2 Å². The first kappa shape index (κ1) is 15.7. The molecule has 1 saturated carbocycles. The predicted molar refractivity (Wildman–Crippen MR) is 74.6 cm³/mol. The Morgan fingerprint density at radius 1 is 1.19 bits per heavy atom. The van der Waals surface area contributed by atoms with E-state index in [1.54, 1.807) is 0 Å². The van der Waals surface area contributed by atoms with E-state index >= 15 is 0 Å². The lowest BCUT2D eigenvalue weighted by Gasteiger charge is -2.32. The summed E-state index contributed by atoms with van der Waals surface area (Å²) in [5.41, 5.74) is -0.763. The zero-order valence-corrected chi connectivity index (χ0v) is 11.8. The highest BCUT2D eigenvalue weighted by atomic mass is 19.1. The van der Waals surface area contributed by atoms with Gasteiger partial charge in [0.15, 0.2) is 0 Å². The molecule has 1 aliphatic carbocycles. The number of urea groups is 1. The lowest BCUT2D eigenvalue weighted by Crippen LogP contribution is -2.47. The Kier molecular flexibility index (Phi) is 5.12. The second-order valence-corrected chi connectivity index (χ2v) is 5.56. The smallest absolute Gasteiger partial charge is 0.315 e. The number of hydrogen-bond acceptors (Lipinski definition) is 2. The molecule has 2 rings (SSSR count). The Bertz CT molecular complexity index is 502. The predicted octanol–water partition coefficient (Wildman–Crippen LogP) is 2.46. The number of halogens is 2. The fraction of sp³-hybridized carbons (Fsp3) is 0.533. The summed E-state index contributed by atoms with van der Waals surface area (Å²) in [4.78, 5) is 11.6. The molecule has 0 aliphatic heterocycles. The number of aliphatic hydroxyl groups is 1. The van der Waals surface area contributed by atoms with Crippen LogP contribution in [0.1, 0.15) is 37.7 Å². The van der Waals surface area contributed by atoms with Crippen molar-refractivity contribution in [3.8, 4) is 0 Å². The Hall–Kier alpha value is -1.69. The maximum Gasteiger partial charge on any atom is 0.315 e. The van der Waals surface area contributed by atoms with E-state index in [-0.39, 0.29) is 18.7 Å². The zero-order valence-electron chi connectivity index (χ0n) is 11.8. The van der Waals surface area contributed by atoms with Gasteiger partial charge in [0, 0.05) is 18.7 Å². The van der Waals surface area contributed by atoms with Gasteiger partial charge in [0.05, 0.1) is 5.60 Å². The number of carbonyl (C=O) groups excluding carboxylic acids is 1. The number of rotatable bonds is 4. The molecule has 0 saturated heterocycles. The molecule has 1 aliphatic rings. The van der Waals surface area contributed by atoms with Crippen molar-refractivity contribution in [2.24, 2.45) is 0 Å². The summed E-state index contributed by atoms with van der Waals surface area (Å²) in [5, 5.41) is 15.3. The highest BCUT2D eigenvalue weighted by Gasteiger charge is 2.29. The summed E-state index contributed by atoms with van der Waals surface area (Å²) in [7, 11) is 0. The normalized spacial score (nSPS) is 17.3. The average Bonchev–Trinajstić information content (AvgIpc) is 2.47. The highest BCUT2D eigenvalue weighted by Crippen LogP contribution is 2.27. The molecular formula is C15H20F2N2O2. The van der Waals surface area contributed by atoms with Gasteiger partial charge in [-0.1, -0.05) is 19.3 Å². The summed E-state index contributed by atoms with van der Waals surface area (Å²) >= 11 is 0. The van der Waals surface area contributed by atoms with Crippen LogP contribution in [0.25, 0.3) is 0 Å². The molecular weight excluding hydrogens is 278 g/mol. The van der Waals surface area contributed by atoms with Crippen molar-refractivity contribution in [1.29, 1.82) is 0 Å². The number of nitrogens with one attached hydrogen (secondary N) is 2. The van der Waals surface area contributed by atoms with Crippen LogP contribution in [-0.2, 0) is 6.54 Å². The van der Waals surface area contributed by atoms with Crippen LogP contribution in [0, 0.1) is 11.6 Å². The van der Waals surface area contributed by atoms with Gasteiger partial charge in [-0.05, 0) is 31.0 Å². The van der Waals surface area contributed by atoms with E-state index in [2.05, 4.69) is 10.6 Å². The van der Waals surface area contributed by atoms with Crippen LogP contribution in [-0.4, -0.2) is 23.3 Å². The minimum atomic E-state index is -0.848. The van der Waals surface area contributed by atoms with E-state index in [1.165, 1.54) is 0 Å². The van der Waals surface area contributed by atoms with Crippen LogP contribution in [0.5, 0.6) is 0 Å². The topological polar surface area (TPSA) is 61.4 Å². The number of hydrogen-bond donors (Lipinski definition) is 3. The van der Waals surface area contributed by atoms with E-state index in [1.807, 2.05) is 0 Å². The molecule has 6 heteroatoms. The molecule has 1 aromatic carbocycles. The summed E-state index contributed by atoms with van der Waals surface area (Å²) < 4.78 is 26.4. The fourth-order valence-corrected chi connectivity index (χ4v) is 2.55. The Morgan fingerprint density at radius 2 is 1.90 bits per heavy atom. The Morgan fingerprint density at radius 3 is 2.62 bits per heavy atom. The van der Waals surface area contributed by atoms with Gasteiger partial charge < -0.3 is 15.7 Å². The van der Waals surface area contributed by atoms with Crippen LogP contribution in [0.3, 0.4) is 0 Å². The first-order chi connectivity index (χ1) is 9.98. The molecule has 0 radical (unpaired) electrons. The number of benzene rings is 1. The van der Waals surface area contributed by atoms with E-state index in [0.717, 1.165) is 37.5 Å². The molecule has 116 valence electrons. The largest absolute Gasteiger partial charge is 0.388 e. The molecule has 0 heterocycles. The zero-order chi connectivity index (χ0) is 15.3. The van der Waals surface area contributed by atoms with E-state index in [0.29, 0.717) is 12.8 Å². The standard InChI is InChI=1S/C15H20F2N2O2/c16-12-4-5-13(17)11(8-12)9-18-14(20)19-10-15(21)6-2-1-3-7-15/h4-5,8,21H,1-3,6-7,9-10H2,(H2,18,19,20). The Balaban J connectivity index is 1.78. The molecule has 2 amide bonds. The third-order valence-electron chi connectivity index (χ3n) is 3.81. The molecule has 4 nitrogen and oxygen atoms in total. The SMILES string of the molecule is O=C(NCc1cc(F)ccc1F)NCC1(O)CCCCC1. The van der Waals surface area contributed by atoms with Crippen LogP contribution in [0.2, 0.25) is 0 Å². The molecule has 0 atom stereocenters. The number of carbonyl (C=O) groups is 1. The van der Waals surface area contributed by atoms with Crippen molar-refractivity contribution in [2.45, 2.75) is 44.2 Å². The highest BCUT2D eigenvalue weighted by molar-refractivity contribution is 5.73. The third-order valence-corrected chi connectivity index (χ3v) is 3.81. The van der Waals surface area contributed by atoms with Gasteiger partial charge in [-0.15, -0.1) is 0 Å². The van der Waals surface area contributed by atoms with Crippen molar-refractivity contribution < 1.29 is 18.7 Å². The van der Waals surface area contributed by atoms with E-state index in [4.69, 9.17) is 0 Å². The molecule has 1 aromatic rings. The summed E-state index contributed by atoms with van der Waals surface area (Å²) in [6.45, 7) is 0.0678. The van der Waals surface area contributed by atoms with Gasteiger partial charge in [-0.3, -0.25) is 0 Å². The Labute approximate surface area is 122 Å². The monoisotopic (exact) mass is 298 g/mol. The van der Waals surface area contributed by atoms with Gasteiger partial charge in [-0.2, -0.15) is 0 Å². The van der Waals surface area contributed by atoms with E-state index < -0.39 is 23.3 Å². The minimum absolute atomic E-state index is 0.0847. The van der Waals surface area contributed by atoms with Gasteiger partial charge in [0.25, 0.3) is 0 Å². The minimum Gasteiger partial charge on any atom is -0.388 e. The first-order valence-corrected chi connectivity index (χ1v) is 7.17. The van der Waals surface area contributed by atoms with Gasteiger partial charge in [0.2, 0.25) is 0 Å². The average molecular weight is 298 g/mol. The summed E-state index contributed by atoms with van der Waals surface area (Å²) in [5.74, 6) is -1.12. The summed E-state index contributed by atoms with van der Waals surface area (Å²) in [6.07, 6.45) is 4.35. The second kappa shape index (κ2) is 6.85. The molecule has 3 N–H and O–H groups in total. The summed E-state index contributed by atoms with van der Waals surface area (Å²) in [6, 6.07) is 2.59. The van der Waals surface area contributed by atoms with Crippen molar-refractivity contribution in [3.63, 3.8) is 0 Å². The fourth-order valence-electron chi connectivity index (χ4n) is 2.55. The number of amides is 2. The van der Waals surface area contributed by atoms with Crippen molar-refractivity contribution in [2.75, 3.05) is 6.54 Å². The van der Waals surface area contributed by atoms with Gasteiger partial charge in [-0.25, -0.2) is 13.6 Å². The van der Waals surface area contributed by atoms with Crippen LogP contribution in [0.4, 0.5) is 13.6 Å². The molecule has 21 heavy (non-hydrogen) atoms. The van der Waals surface area contributed by atoms with E-state index in [9.17, 15) is 18.7 Å². The maximum atomic E-state index is 13.4. The van der Waals surface area contributed by atoms with Crippen molar-refractivity contribution in [1.82, 2.24) is 10.6 Å². The lowest BCUT2D eigenvalue weighted by atomic mass is 9.85. The molecule has 0 aromatic heterocycles. The van der Waals surface area contributed by atoms with Crippen LogP contribution >= 0.6 is 0 Å². The lowest BCUT2D eigenvalue weighted by molar-refractivity contribution is 0.00719. The molecule has 0 bridgehead atoms. The van der Waals surface area contributed by atoms with Gasteiger partial charge >= 0.3 is 6.03 Å². The van der Waals surface area contributed by atoms with Gasteiger partial charge in [0.1, 0.15) is 11.6 Å². The quantitative estimate of drug-likeness (QED) is 0.799. The van der Waals surface area contributed by atoms with Crippen molar-refractivity contribution in [3.05, 3.63) is 35.4 Å². The molecule has 0 unspecified atom stereocenters. The van der Waals surface area contributed by atoms with Crippen molar-refractivity contribution >= 4 is 6.03 Å². The first-order valence-electron chi connectivity index (χ1n) is 7.17. The molecule has 1 fully saturated rings. The third kappa shape index (κ3) is 4.67. The molecule has 0 spiro atoms. The second-order valence-electron chi connectivity index (χ2n) is 5.56. The van der Waals surface area contributed by atoms with Crippen LogP contribution < -0.4 is 10.6 Å². The maximum absolute atomic E-state index is 13.4.